The van der Waals surface area contributed by atoms with Crippen LogP contribution in [0.2, 0.25) is 5.15 Å². The number of amides is 1. The van der Waals surface area contributed by atoms with E-state index in [1.54, 1.807) is 18.3 Å². The number of hydrogen-bond acceptors (Lipinski definition) is 2. The van der Waals surface area contributed by atoms with Crippen molar-refractivity contribution >= 4 is 17.5 Å². The number of benzene rings is 1. The fraction of sp³-hybridized carbons (Fsp3) is 0.200. The highest BCUT2D eigenvalue weighted by molar-refractivity contribution is 6.32. The van der Waals surface area contributed by atoms with Crippen LogP contribution < -0.4 is 5.32 Å². The Morgan fingerprint density at radius 2 is 1.89 bits per heavy atom. The summed E-state index contributed by atoms with van der Waals surface area (Å²) in [6, 6.07) is 11.5. The van der Waals surface area contributed by atoms with Crippen LogP contribution in [0, 0.1) is 0 Å². The van der Waals surface area contributed by atoms with Crippen molar-refractivity contribution in [2.24, 2.45) is 0 Å². The van der Waals surface area contributed by atoms with Crippen molar-refractivity contribution < 1.29 is 4.79 Å². The predicted octanol–water partition coefficient (Wildman–Crippen LogP) is 3.23. The Bertz CT molecular complexity index is 567. The number of rotatable bonds is 4. The average Bonchev–Trinajstić information content (AvgIpc) is 2.46. The molecule has 1 aromatic carbocycles. The van der Waals surface area contributed by atoms with Crippen LogP contribution in [-0.2, 0) is 13.0 Å². The third-order valence-corrected chi connectivity index (χ3v) is 3.19. The largest absolute Gasteiger partial charge is 0.348 e. The molecule has 19 heavy (non-hydrogen) atoms. The van der Waals surface area contributed by atoms with Gasteiger partial charge in [0, 0.05) is 12.7 Å². The van der Waals surface area contributed by atoms with Crippen LogP contribution >= 0.6 is 11.6 Å². The molecule has 3 nitrogen and oxygen atoms in total. The number of aromatic nitrogens is 1. The third kappa shape index (κ3) is 3.55. The maximum Gasteiger partial charge on any atom is 0.254 e. The van der Waals surface area contributed by atoms with Gasteiger partial charge in [-0.1, -0.05) is 42.8 Å². The summed E-state index contributed by atoms with van der Waals surface area (Å²) in [5, 5.41) is 3.05. The first-order valence-electron chi connectivity index (χ1n) is 6.17. The molecule has 0 radical (unpaired) electrons. The lowest BCUT2D eigenvalue weighted by atomic mass is 10.1. The Balaban J connectivity index is 1.98. The zero-order chi connectivity index (χ0) is 13.7. The summed E-state index contributed by atoms with van der Waals surface area (Å²) < 4.78 is 0. The second-order valence-corrected chi connectivity index (χ2v) is 4.55. The quantitative estimate of drug-likeness (QED) is 0.870. The van der Waals surface area contributed by atoms with Crippen molar-refractivity contribution in [3.05, 3.63) is 64.4 Å². The van der Waals surface area contributed by atoms with Crippen LogP contribution in [0.3, 0.4) is 0 Å². The minimum atomic E-state index is -0.210. The summed E-state index contributed by atoms with van der Waals surface area (Å²) >= 11 is 5.87. The standard InChI is InChI=1S/C15H15ClN2O/c1-2-11-5-7-12(8-6-11)10-18-15(19)13-4-3-9-17-14(13)16/h3-9H,2,10H2,1H3,(H,18,19). The number of carbonyl (C=O) groups is 1. The minimum absolute atomic E-state index is 0.210. The second kappa shape index (κ2) is 6.34. The van der Waals surface area contributed by atoms with Crippen molar-refractivity contribution in [1.29, 1.82) is 0 Å². The van der Waals surface area contributed by atoms with E-state index in [-0.39, 0.29) is 11.1 Å². The summed E-state index contributed by atoms with van der Waals surface area (Å²) in [5.41, 5.74) is 2.74. The molecule has 0 aliphatic heterocycles. The van der Waals surface area contributed by atoms with Crippen molar-refractivity contribution in [3.8, 4) is 0 Å². The van der Waals surface area contributed by atoms with Gasteiger partial charge in [0.05, 0.1) is 5.56 Å². The molecule has 2 aromatic rings. The summed E-state index contributed by atoms with van der Waals surface area (Å²) in [5.74, 6) is -0.210. The maximum absolute atomic E-state index is 11.9. The molecular weight excluding hydrogens is 260 g/mol. The zero-order valence-electron chi connectivity index (χ0n) is 10.7. The van der Waals surface area contributed by atoms with Gasteiger partial charge in [0.2, 0.25) is 0 Å². The number of pyridine rings is 1. The van der Waals surface area contributed by atoms with Crippen molar-refractivity contribution in [1.82, 2.24) is 10.3 Å². The number of halogens is 1. The molecule has 0 aliphatic rings. The summed E-state index contributed by atoms with van der Waals surface area (Å²) in [6.45, 7) is 2.59. The number of nitrogens with zero attached hydrogens (tertiary/aromatic N) is 1. The van der Waals surface area contributed by atoms with Crippen LogP contribution in [0.1, 0.15) is 28.4 Å². The van der Waals surface area contributed by atoms with Crippen molar-refractivity contribution in [3.63, 3.8) is 0 Å². The van der Waals surface area contributed by atoms with Crippen LogP contribution in [0.5, 0.6) is 0 Å². The van der Waals surface area contributed by atoms with E-state index in [4.69, 9.17) is 11.6 Å². The van der Waals surface area contributed by atoms with Crippen LogP contribution in [0.4, 0.5) is 0 Å². The molecule has 1 amide bonds. The Kier molecular flexibility index (Phi) is 4.53. The van der Waals surface area contributed by atoms with E-state index in [1.165, 1.54) is 5.56 Å². The van der Waals surface area contributed by atoms with Gasteiger partial charge in [-0.15, -0.1) is 0 Å². The van der Waals surface area contributed by atoms with Gasteiger partial charge in [0.25, 0.3) is 5.91 Å². The average molecular weight is 275 g/mol. The predicted molar refractivity (Wildman–Crippen MR) is 76.2 cm³/mol. The van der Waals surface area contributed by atoms with E-state index in [1.807, 2.05) is 12.1 Å². The molecule has 2 rings (SSSR count). The molecule has 0 saturated carbocycles. The van der Waals surface area contributed by atoms with Gasteiger partial charge in [-0.3, -0.25) is 4.79 Å². The topological polar surface area (TPSA) is 42.0 Å². The van der Waals surface area contributed by atoms with Gasteiger partial charge in [-0.2, -0.15) is 0 Å². The molecule has 1 aromatic heterocycles. The maximum atomic E-state index is 11.9. The molecular formula is C15H15ClN2O. The lowest BCUT2D eigenvalue weighted by Gasteiger charge is -2.07. The smallest absolute Gasteiger partial charge is 0.254 e. The first-order valence-corrected chi connectivity index (χ1v) is 6.55. The number of carbonyl (C=O) groups excluding carboxylic acids is 1. The molecule has 0 aliphatic carbocycles. The number of aryl methyl sites for hydroxylation is 1. The van der Waals surface area contributed by atoms with Crippen LogP contribution in [0.15, 0.2) is 42.6 Å². The highest BCUT2D eigenvalue weighted by Crippen LogP contribution is 2.11. The molecule has 0 fully saturated rings. The normalized spacial score (nSPS) is 10.2. The van der Waals surface area contributed by atoms with Gasteiger partial charge in [0.1, 0.15) is 5.15 Å². The van der Waals surface area contributed by atoms with E-state index in [0.29, 0.717) is 12.1 Å². The fourth-order valence-corrected chi connectivity index (χ4v) is 1.93. The highest BCUT2D eigenvalue weighted by Gasteiger charge is 2.09. The fourth-order valence-electron chi connectivity index (χ4n) is 1.73. The molecule has 1 heterocycles. The monoisotopic (exact) mass is 274 g/mol. The van der Waals surface area contributed by atoms with Crippen LogP contribution in [0.25, 0.3) is 0 Å². The Hall–Kier alpha value is -1.87. The van der Waals surface area contributed by atoms with Gasteiger partial charge in [0.15, 0.2) is 0 Å². The molecule has 0 saturated heterocycles. The van der Waals surface area contributed by atoms with E-state index in [9.17, 15) is 4.79 Å². The van der Waals surface area contributed by atoms with E-state index in [0.717, 1.165) is 12.0 Å². The lowest BCUT2D eigenvalue weighted by Crippen LogP contribution is -2.23. The summed E-state index contributed by atoms with van der Waals surface area (Å²) in [7, 11) is 0. The van der Waals surface area contributed by atoms with E-state index < -0.39 is 0 Å². The number of nitrogens with one attached hydrogen (secondary N) is 1. The SMILES string of the molecule is CCc1ccc(CNC(=O)c2cccnc2Cl)cc1. The first kappa shape index (κ1) is 13.6. The second-order valence-electron chi connectivity index (χ2n) is 4.19. The summed E-state index contributed by atoms with van der Waals surface area (Å²) in [6.07, 6.45) is 2.57. The van der Waals surface area contributed by atoms with Gasteiger partial charge in [-0.05, 0) is 29.7 Å². The first-order chi connectivity index (χ1) is 9.20. The highest BCUT2D eigenvalue weighted by atomic mass is 35.5. The summed E-state index contributed by atoms with van der Waals surface area (Å²) in [4.78, 5) is 15.8. The molecule has 1 N–H and O–H groups in total. The van der Waals surface area contributed by atoms with E-state index in [2.05, 4.69) is 29.4 Å². The molecule has 0 unspecified atom stereocenters. The van der Waals surface area contributed by atoms with E-state index >= 15 is 0 Å². The minimum Gasteiger partial charge on any atom is -0.348 e. The van der Waals surface area contributed by atoms with Crippen LogP contribution in [-0.4, -0.2) is 10.9 Å². The third-order valence-electron chi connectivity index (χ3n) is 2.89. The van der Waals surface area contributed by atoms with Gasteiger partial charge in [-0.25, -0.2) is 4.98 Å². The molecule has 0 bridgehead atoms. The number of hydrogen-bond donors (Lipinski definition) is 1. The van der Waals surface area contributed by atoms with Gasteiger partial charge >= 0.3 is 0 Å². The van der Waals surface area contributed by atoms with Crippen molar-refractivity contribution in [2.75, 3.05) is 0 Å². The molecule has 4 heteroatoms. The van der Waals surface area contributed by atoms with Gasteiger partial charge < -0.3 is 5.32 Å². The Morgan fingerprint density at radius 1 is 1.21 bits per heavy atom. The lowest BCUT2D eigenvalue weighted by molar-refractivity contribution is 0.0950. The Labute approximate surface area is 117 Å². The Morgan fingerprint density at radius 3 is 2.53 bits per heavy atom. The molecule has 0 spiro atoms. The zero-order valence-corrected chi connectivity index (χ0v) is 11.4. The van der Waals surface area contributed by atoms with Crippen molar-refractivity contribution in [2.45, 2.75) is 19.9 Å². The molecule has 98 valence electrons. The molecule has 0 atom stereocenters.